The number of carbonyl (C=O) groups excluding carboxylic acids is 1. The summed E-state index contributed by atoms with van der Waals surface area (Å²) in [5.41, 5.74) is 4.38. The molecule has 0 saturated carbocycles. The summed E-state index contributed by atoms with van der Waals surface area (Å²) in [6.45, 7) is -0.0580. The zero-order valence-corrected chi connectivity index (χ0v) is 14.0. The lowest BCUT2D eigenvalue weighted by Crippen LogP contribution is -2.18. The molecule has 0 aliphatic heterocycles. The smallest absolute Gasteiger partial charge is 0.281 e. The van der Waals surface area contributed by atoms with Crippen molar-refractivity contribution in [3.8, 4) is 0 Å². The number of halogens is 4. The second-order valence-electron chi connectivity index (χ2n) is 5.17. The highest BCUT2D eigenvalue weighted by Gasteiger charge is 2.16. The van der Waals surface area contributed by atoms with E-state index in [-0.39, 0.29) is 36.0 Å². The average Bonchev–Trinajstić information content (AvgIpc) is 2.65. The zero-order chi connectivity index (χ0) is 20.0. The van der Waals surface area contributed by atoms with Crippen LogP contribution in [0.25, 0.3) is 0 Å². The number of nitrogens with two attached hydrogens (primary N) is 1. The Morgan fingerprint density at radius 1 is 1.30 bits per heavy atom. The summed E-state index contributed by atoms with van der Waals surface area (Å²) in [4.78, 5) is 22.6. The summed E-state index contributed by atoms with van der Waals surface area (Å²) in [6.07, 6.45) is -1.24. The van der Waals surface area contributed by atoms with Crippen molar-refractivity contribution in [1.82, 2.24) is 9.97 Å². The van der Waals surface area contributed by atoms with Crippen LogP contribution in [0.1, 0.15) is 28.2 Å². The van der Waals surface area contributed by atoms with Gasteiger partial charge in [-0.15, -0.1) is 0 Å². The topological polar surface area (TPSA) is 102 Å². The van der Waals surface area contributed by atoms with Crippen LogP contribution in [0.4, 0.5) is 23.2 Å². The largest absolute Gasteiger partial charge is 0.465 e. The molecule has 7 nitrogen and oxygen atoms in total. The molecule has 144 valence electrons. The molecular weight excluding hydrogens is 370 g/mol. The minimum atomic E-state index is -2.82. The van der Waals surface area contributed by atoms with E-state index in [0.29, 0.717) is 0 Å². The van der Waals surface area contributed by atoms with Crippen LogP contribution in [0.3, 0.4) is 0 Å². The number of amides is 1. The molecule has 1 amide bonds. The summed E-state index contributed by atoms with van der Waals surface area (Å²) in [7, 11) is 1.41. The van der Waals surface area contributed by atoms with E-state index in [1.54, 1.807) is 0 Å². The number of aliphatic imine (C=N–C) groups is 1. The molecule has 0 fully saturated rings. The average molecular weight is 385 g/mol. The predicted molar refractivity (Wildman–Crippen MR) is 88.5 cm³/mol. The van der Waals surface area contributed by atoms with Crippen molar-refractivity contribution < 1.29 is 27.1 Å². The Kier molecular flexibility index (Phi) is 6.63. The molecule has 2 rings (SSSR count). The van der Waals surface area contributed by atoms with Crippen molar-refractivity contribution in [2.45, 2.75) is 12.8 Å². The van der Waals surface area contributed by atoms with Crippen LogP contribution >= 0.6 is 0 Å². The molecule has 0 spiro atoms. The number of hydrogen-bond donors (Lipinski definition) is 2. The fraction of sp³-hybridized carbons (Fsp3) is 0.250. The molecule has 3 N–H and O–H groups in total. The number of benzene rings is 1. The number of carbonyl (C=O) groups is 1. The van der Waals surface area contributed by atoms with Gasteiger partial charge in [-0.25, -0.2) is 27.5 Å². The third-order valence-electron chi connectivity index (χ3n) is 3.33. The van der Waals surface area contributed by atoms with E-state index in [1.807, 2.05) is 0 Å². The highest BCUT2D eigenvalue weighted by molar-refractivity contribution is 6.02. The molecule has 27 heavy (non-hydrogen) atoms. The molecule has 1 aromatic carbocycles. The maximum atomic E-state index is 13.9. The molecule has 0 saturated heterocycles. The summed E-state index contributed by atoms with van der Waals surface area (Å²) in [5, 5.41) is 2.30. The van der Waals surface area contributed by atoms with Crippen molar-refractivity contribution in [2.75, 3.05) is 19.0 Å². The highest BCUT2D eigenvalue weighted by Crippen LogP contribution is 2.20. The number of hydrogen-bond acceptors (Lipinski definition) is 5. The third kappa shape index (κ3) is 5.36. The second kappa shape index (κ2) is 8.92. The van der Waals surface area contributed by atoms with Crippen LogP contribution in [0.5, 0.6) is 0 Å². The normalized spacial score (nSPS) is 11.6. The Balaban J connectivity index is 2.12. The van der Waals surface area contributed by atoms with Gasteiger partial charge in [0.2, 0.25) is 0 Å². The van der Waals surface area contributed by atoms with Crippen molar-refractivity contribution in [3.05, 3.63) is 53.1 Å². The number of nitrogens with one attached hydrogen (secondary N) is 1. The summed E-state index contributed by atoms with van der Waals surface area (Å²) in [6, 6.07) is 1.88. The van der Waals surface area contributed by atoms with Crippen LogP contribution in [0.15, 0.2) is 29.5 Å². The van der Waals surface area contributed by atoms with Crippen molar-refractivity contribution in [3.63, 3.8) is 0 Å². The van der Waals surface area contributed by atoms with E-state index in [4.69, 9.17) is 10.5 Å². The first kappa shape index (κ1) is 20.1. The first-order valence-corrected chi connectivity index (χ1v) is 7.56. The fourth-order valence-corrected chi connectivity index (χ4v) is 1.99. The second-order valence-corrected chi connectivity index (χ2v) is 5.17. The Morgan fingerprint density at radius 2 is 2.04 bits per heavy atom. The van der Waals surface area contributed by atoms with E-state index in [0.717, 1.165) is 18.5 Å². The van der Waals surface area contributed by atoms with Crippen LogP contribution in [-0.2, 0) is 11.2 Å². The van der Waals surface area contributed by atoms with E-state index in [9.17, 15) is 22.4 Å². The molecule has 11 heteroatoms. The molecule has 0 aliphatic rings. The van der Waals surface area contributed by atoms with E-state index >= 15 is 0 Å². The van der Waals surface area contributed by atoms with Gasteiger partial charge in [0.1, 0.15) is 11.4 Å². The summed E-state index contributed by atoms with van der Waals surface area (Å²) < 4.78 is 57.5. The van der Waals surface area contributed by atoms with E-state index < -0.39 is 29.7 Å². The van der Waals surface area contributed by atoms with Crippen LogP contribution in [0.2, 0.25) is 0 Å². The minimum Gasteiger partial charge on any atom is -0.465 e. The van der Waals surface area contributed by atoms with Crippen molar-refractivity contribution in [2.24, 2.45) is 10.7 Å². The number of rotatable bonds is 6. The number of anilines is 1. The van der Waals surface area contributed by atoms with Gasteiger partial charge in [-0.1, -0.05) is 0 Å². The quantitative estimate of drug-likeness (QED) is 0.452. The predicted octanol–water partition coefficient (Wildman–Crippen LogP) is 2.45. The molecular formula is C16H15F4N5O2. The van der Waals surface area contributed by atoms with E-state index in [2.05, 4.69) is 20.3 Å². The Bertz CT molecular complexity index is 843. The Morgan fingerprint density at radius 3 is 2.63 bits per heavy atom. The minimum absolute atomic E-state index is 0.0361. The lowest BCUT2D eigenvalue weighted by Gasteiger charge is -2.10. The van der Waals surface area contributed by atoms with Gasteiger partial charge in [-0.3, -0.25) is 9.78 Å². The zero-order valence-electron chi connectivity index (χ0n) is 14.0. The lowest BCUT2D eigenvalue weighted by atomic mass is 10.1. The van der Waals surface area contributed by atoms with Crippen LogP contribution in [-0.4, -0.2) is 35.6 Å². The maximum Gasteiger partial charge on any atom is 0.281 e. The highest BCUT2D eigenvalue weighted by atomic mass is 19.3. The number of ether oxygens (including phenoxy) is 1. The van der Waals surface area contributed by atoms with Crippen LogP contribution < -0.4 is 11.1 Å². The molecule has 0 radical (unpaired) electrons. The molecule has 0 unspecified atom stereocenters. The molecule has 1 heterocycles. The van der Waals surface area contributed by atoms with Gasteiger partial charge in [0.25, 0.3) is 18.4 Å². The maximum absolute atomic E-state index is 13.9. The first-order valence-electron chi connectivity index (χ1n) is 7.56. The monoisotopic (exact) mass is 385 g/mol. The third-order valence-corrected chi connectivity index (χ3v) is 3.33. The fourth-order valence-electron chi connectivity index (χ4n) is 1.99. The first-order chi connectivity index (χ1) is 12.8. The summed E-state index contributed by atoms with van der Waals surface area (Å²) in [5.74, 6) is -3.09. The number of aromatic nitrogens is 2. The lowest BCUT2D eigenvalue weighted by molar-refractivity contribution is 0.102. The van der Waals surface area contributed by atoms with Gasteiger partial charge in [-0.05, 0) is 11.6 Å². The SMILES string of the molecule is C/N=C(/N)OCCc1cc(NC(=O)c2cnc(C(F)F)cn2)cc(F)c1F. The Hall–Kier alpha value is -3.24. The van der Waals surface area contributed by atoms with Gasteiger partial charge >= 0.3 is 0 Å². The van der Waals surface area contributed by atoms with Gasteiger partial charge in [-0.2, -0.15) is 0 Å². The standard InChI is InChI=1S/C16H15F4N5O2/c1-22-16(21)27-3-2-8-4-9(5-10(17)13(8)18)25-15(26)12-7-23-11(6-24-12)14(19)20/h4-7,14H,2-3H2,1H3,(H2,21,22)(H,25,26). The molecule has 0 atom stereocenters. The number of nitrogens with zero attached hydrogens (tertiary/aromatic N) is 3. The van der Waals surface area contributed by atoms with Gasteiger partial charge in [0, 0.05) is 25.2 Å². The number of alkyl halides is 2. The Labute approximate surface area is 151 Å². The molecule has 1 aromatic heterocycles. The van der Waals surface area contributed by atoms with Crippen molar-refractivity contribution in [1.29, 1.82) is 0 Å². The molecule has 0 aliphatic carbocycles. The molecule has 2 aromatic rings. The number of amidine groups is 1. The summed E-state index contributed by atoms with van der Waals surface area (Å²) >= 11 is 0. The van der Waals surface area contributed by atoms with Gasteiger partial charge in [0.15, 0.2) is 11.6 Å². The van der Waals surface area contributed by atoms with Gasteiger partial charge in [0.05, 0.1) is 19.0 Å². The van der Waals surface area contributed by atoms with Gasteiger partial charge < -0.3 is 15.8 Å². The van der Waals surface area contributed by atoms with Crippen molar-refractivity contribution >= 4 is 17.6 Å². The van der Waals surface area contributed by atoms with Crippen LogP contribution in [0, 0.1) is 11.6 Å². The van der Waals surface area contributed by atoms with E-state index in [1.165, 1.54) is 13.1 Å². The molecule has 0 bridgehead atoms.